The van der Waals surface area contributed by atoms with Gasteiger partial charge in [-0.25, -0.2) is 4.98 Å². The second-order valence-electron chi connectivity index (χ2n) is 6.01. The minimum Gasteiger partial charge on any atom is -0.350 e. The van der Waals surface area contributed by atoms with Gasteiger partial charge in [0, 0.05) is 17.8 Å². The van der Waals surface area contributed by atoms with Gasteiger partial charge in [0.15, 0.2) is 5.65 Å². The highest BCUT2D eigenvalue weighted by Crippen LogP contribution is 2.15. The van der Waals surface area contributed by atoms with Crippen molar-refractivity contribution in [2.75, 3.05) is 0 Å². The highest BCUT2D eigenvalue weighted by molar-refractivity contribution is 6.31. The maximum Gasteiger partial charge on any atom is 0.297 e. The monoisotopic (exact) mass is 382 g/mol. The quantitative estimate of drug-likeness (QED) is 0.580. The number of nitrogens with zero attached hydrogens (tertiary/aromatic N) is 5. The third kappa shape index (κ3) is 3.04. The second-order valence-corrected chi connectivity index (χ2v) is 6.42. The summed E-state index contributed by atoms with van der Waals surface area (Å²) in [6.07, 6.45) is 1.62. The Balaban J connectivity index is 1.69. The van der Waals surface area contributed by atoms with Crippen molar-refractivity contribution in [3.8, 4) is 0 Å². The Bertz CT molecular complexity index is 1230. The fraction of sp³-hybridized carbons (Fsp3) is 0.167. The number of nitrogens with one attached hydrogen (secondary N) is 1. The van der Waals surface area contributed by atoms with Crippen LogP contribution in [0.4, 0.5) is 0 Å². The largest absolute Gasteiger partial charge is 0.350 e. The topological polar surface area (TPSA) is 94.2 Å². The molecule has 0 unspecified atom stereocenters. The van der Waals surface area contributed by atoms with E-state index in [4.69, 9.17) is 11.6 Å². The normalized spacial score (nSPS) is 11.2. The molecule has 3 aromatic heterocycles. The average molecular weight is 383 g/mol. The number of aromatic nitrogens is 5. The first-order valence-electron chi connectivity index (χ1n) is 8.25. The van der Waals surface area contributed by atoms with Gasteiger partial charge < -0.3 is 5.32 Å². The van der Waals surface area contributed by atoms with Crippen molar-refractivity contribution in [1.82, 2.24) is 29.5 Å². The van der Waals surface area contributed by atoms with Gasteiger partial charge >= 0.3 is 0 Å². The van der Waals surface area contributed by atoms with Crippen molar-refractivity contribution in [2.45, 2.75) is 20.0 Å². The number of aryl methyl sites for hydroxylation is 1. The lowest BCUT2D eigenvalue weighted by molar-refractivity contribution is -0.121. The summed E-state index contributed by atoms with van der Waals surface area (Å²) in [5, 5.41) is 11.2. The summed E-state index contributed by atoms with van der Waals surface area (Å²) in [5.74, 6) is 0.240. The van der Waals surface area contributed by atoms with Crippen molar-refractivity contribution >= 4 is 34.3 Å². The summed E-state index contributed by atoms with van der Waals surface area (Å²) >= 11 is 6.11. The first-order valence-corrected chi connectivity index (χ1v) is 8.63. The molecule has 0 atom stereocenters. The average Bonchev–Trinajstić information content (AvgIpc) is 3.06. The zero-order chi connectivity index (χ0) is 19.0. The minimum atomic E-state index is -0.399. The lowest BCUT2D eigenvalue weighted by Crippen LogP contribution is -2.33. The van der Waals surface area contributed by atoms with E-state index in [1.807, 2.05) is 18.2 Å². The molecular formula is C18H15ClN6O2. The fourth-order valence-electron chi connectivity index (χ4n) is 2.95. The van der Waals surface area contributed by atoms with Crippen LogP contribution in [0.1, 0.15) is 11.4 Å². The number of rotatable bonds is 4. The molecule has 0 fully saturated rings. The van der Waals surface area contributed by atoms with E-state index in [0.29, 0.717) is 22.0 Å². The van der Waals surface area contributed by atoms with Crippen molar-refractivity contribution in [3.05, 3.63) is 69.4 Å². The molecule has 4 rings (SSSR count). The molecule has 1 aromatic carbocycles. The number of hydrogen-bond acceptors (Lipinski definition) is 5. The van der Waals surface area contributed by atoms with E-state index in [0.717, 1.165) is 5.56 Å². The molecule has 1 amide bonds. The number of amides is 1. The van der Waals surface area contributed by atoms with Crippen molar-refractivity contribution < 1.29 is 4.79 Å². The van der Waals surface area contributed by atoms with Gasteiger partial charge in [0.05, 0.1) is 5.52 Å². The zero-order valence-corrected chi connectivity index (χ0v) is 15.1. The molecular weight excluding hydrogens is 368 g/mol. The first kappa shape index (κ1) is 17.2. The molecule has 0 aliphatic heterocycles. The number of fused-ring (bicyclic) bond motifs is 3. The van der Waals surface area contributed by atoms with Crippen molar-refractivity contribution in [2.24, 2.45) is 0 Å². The number of pyridine rings is 1. The predicted molar refractivity (Wildman–Crippen MR) is 101 cm³/mol. The van der Waals surface area contributed by atoms with Gasteiger partial charge in [-0.1, -0.05) is 29.8 Å². The van der Waals surface area contributed by atoms with Gasteiger partial charge in [0.2, 0.25) is 11.6 Å². The Labute approximate surface area is 158 Å². The zero-order valence-electron chi connectivity index (χ0n) is 14.4. The fourth-order valence-corrected chi connectivity index (χ4v) is 3.15. The standard InChI is InChI=1S/C18H15ClN6O2/c1-11-22-23-17-18(27)24(14-7-4-8-20-16(14)25(11)17)10-15(26)21-9-12-5-2-3-6-13(12)19/h2-8H,9-10H2,1H3,(H,21,26). The molecule has 8 nitrogen and oxygen atoms in total. The van der Waals surface area contributed by atoms with E-state index in [1.165, 1.54) is 4.57 Å². The maximum atomic E-state index is 12.8. The highest BCUT2D eigenvalue weighted by atomic mass is 35.5. The van der Waals surface area contributed by atoms with Crippen LogP contribution in [0.3, 0.4) is 0 Å². The second kappa shape index (κ2) is 6.81. The van der Waals surface area contributed by atoms with Crippen LogP contribution in [0, 0.1) is 6.92 Å². The van der Waals surface area contributed by atoms with Gasteiger partial charge in [0.25, 0.3) is 5.56 Å². The highest BCUT2D eigenvalue weighted by Gasteiger charge is 2.17. The van der Waals surface area contributed by atoms with Crippen LogP contribution in [0.15, 0.2) is 47.4 Å². The van der Waals surface area contributed by atoms with Gasteiger partial charge in [-0.05, 0) is 30.7 Å². The summed E-state index contributed by atoms with van der Waals surface area (Å²) in [5.41, 5.74) is 1.59. The van der Waals surface area contributed by atoms with Gasteiger partial charge in [-0.15, -0.1) is 10.2 Å². The van der Waals surface area contributed by atoms with Crippen LogP contribution in [0.25, 0.3) is 16.8 Å². The van der Waals surface area contributed by atoms with Crippen molar-refractivity contribution in [1.29, 1.82) is 0 Å². The first-order chi connectivity index (χ1) is 13.1. The summed E-state index contributed by atoms with van der Waals surface area (Å²) < 4.78 is 2.95. The molecule has 0 aliphatic rings. The van der Waals surface area contributed by atoms with Crippen molar-refractivity contribution in [3.63, 3.8) is 0 Å². The molecule has 136 valence electrons. The third-order valence-corrected chi connectivity index (χ3v) is 4.63. The summed E-state index contributed by atoms with van der Waals surface area (Å²) in [6.45, 7) is 1.86. The molecule has 3 heterocycles. The summed E-state index contributed by atoms with van der Waals surface area (Å²) in [6, 6.07) is 10.7. The number of carbonyl (C=O) groups is 1. The van der Waals surface area contributed by atoms with E-state index >= 15 is 0 Å². The smallest absolute Gasteiger partial charge is 0.297 e. The van der Waals surface area contributed by atoms with Gasteiger partial charge in [0.1, 0.15) is 12.4 Å². The molecule has 1 N–H and O–H groups in total. The van der Waals surface area contributed by atoms with E-state index in [9.17, 15) is 9.59 Å². The molecule has 0 bridgehead atoms. The van der Waals surface area contributed by atoms with Crippen LogP contribution in [-0.4, -0.2) is 30.1 Å². The van der Waals surface area contributed by atoms with E-state index in [-0.39, 0.29) is 24.6 Å². The van der Waals surface area contributed by atoms with Crippen LogP contribution < -0.4 is 10.9 Å². The van der Waals surface area contributed by atoms with E-state index in [1.54, 1.807) is 35.7 Å². The summed E-state index contributed by atoms with van der Waals surface area (Å²) in [7, 11) is 0. The third-order valence-electron chi connectivity index (χ3n) is 4.27. The molecule has 0 radical (unpaired) electrons. The molecule has 0 spiro atoms. The Morgan fingerprint density at radius 3 is 2.78 bits per heavy atom. The molecule has 4 aromatic rings. The van der Waals surface area contributed by atoms with E-state index < -0.39 is 5.56 Å². The van der Waals surface area contributed by atoms with Gasteiger partial charge in [-0.3, -0.25) is 18.6 Å². The Morgan fingerprint density at radius 2 is 1.96 bits per heavy atom. The van der Waals surface area contributed by atoms with Gasteiger partial charge in [-0.2, -0.15) is 0 Å². The lowest BCUT2D eigenvalue weighted by atomic mass is 10.2. The number of halogens is 1. The van der Waals surface area contributed by atoms with Crippen LogP contribution >= 0.6 is 11.6 Å². The Kier molecular flexibility index (Phi) is 4.33. The molecule has 0 aliphatic carbocycles. The molecule has 27 heavy (non-hydrogen) atoms. The Morgan fingerprint density at radius 1 is 1.15 bits per heavy atom. The number of benzene rings is 1. The minimum absolute atomic E-state index is 0.137. The molecule has 9 heteroatoms. The summed E-state index contributed by atoms with van der Waals surface area (Å²) in [4.78, 5) is 29.6. The number of carbonyl (C=O) groups excluding carboxylic acids is 1. The van der Waals surface area contributed by atoms with E-state index in [2.05, 4.69) is 20.5 Å². The van der Waals surface area contributed by atoms with Crippen LogP contribution in [-0.2, 0) is 17.9 Å². The maximum absolute atomic E-state index is 12.8. The Hall–Kier alpha value is -3.26. The van der Waals surface area contributed by atoms with Crippen LogP contribution in [0.5, 0.6) is 0 Å². The molecule has 0 saturated heterocycles. The lowest BCUT2D eigenvalue weighted by Gasteiger charge is -2.12. The van der Waals surface area contributed by atoms with Crippen LogP contribution in [0.2, 0.25) is 5.02 Å². The SMILES string of the molecule is Cc1nnc2c(=O)n(CC(=O)NCc3ccccc3Cl)c3cccnc3n12. The molecule has 0 saturated carbocycles. The predicted octanol–water partition coefficient (Wildman–Crippen LogP) is 1.72. The number of hydrogen-bond donors (Lipinski definition) is 1.